The van der Waals surface area contributed by atoms with Crippen molar-refractivity contribution in [2.45, 2.75) is 37.7 Å². The molecular formula is C15H17F3N2OS. The molecule has 1 heterocycles. The molecule has 0 bridgehead atoms. The lowest BCUT2D eigenvalue weighted by Gasteiger charge is -2.26. The minimum absolute atomic E-state index is 0.0207. The van der Waals surface area contributed by atoms with Gasteiger partial charge in [-0.15, -0.1) is 0 Å². The number of nitrogens with zero attached hydrogens (tertiary/aromatic N) is 1. The van der Waals surface area contributed by atoms with E-state index >= 15 is 0 Å². The largest absolute Gasteiger partial charge is 0.412 e. The van der Waals surface area contributed by atoms with E-state index in [2.05, 4.69) is 10.3 Å². The molecule has 1 aliphatic rings. The number of hydrogen-bond donors (Lipinski definition) is 1. The van der Waals surface area contributed by atoms with Crippen LogP contribution in [0.5, 0.6) is 0 Å². The van der Waals surface area contributed by atoms with Crippen LogP contribution in [0.2, 0.25) is 0 Å². The number of alkyl halides is 3. The SMILES string of the molecule is CC(C)C1(C)SC(N[C@H](c2ccccc2)C(F)(F)F)=NC1=O. The van der Waals surface area contributed by atoms with E-state index in [0.29, 0.717) is 0 Å². The van der Waals surface area contributed by atoms with Crippen molar-refractivity contribution in [1.29, 1.82) is 0 Å². The second-order valence-corrected chi connectivity index (χ2v) is 7.05. The van der Waals surface area contributed by atoms with Crippen LogP contribution in [0.25, 0.3) is 0 Å². The van der Waals surface area contributed by atoms with Gasteiger partial charge >= 0.3 is 6.18 Å². The lowest BCUT2D eigenvalue weighted by molar-refractivity contribution is -0.153. The lowest BCUT2D eigenvalue weighted by Crippen LogP contribution is -2.38. The zero-order valence-corrected chi connectivity index (χ0v) is 13.3. The van der Waals surface area contributed by atoms with Crippen molar-refractivity contribution >= 4 is 22.8 Å². The van der Waals surface area contributed by atoms with Gasteiger partial charge in [-0.05, 0) is 18.4 Å². The van der Waals surface area contributed by atoms with Crippen LogP contribution >= 0.6 is 11.8 Å². The third kappa shape index (κ3) is 3.29. The first-order valence-corrected chi connectivity index (χ1v) is 7.66. The number of benzene rings is 1. The number of nitrogens with one attached hydrogen (secondary N) is 1. The molecule has 1 aromatic carbocycles. The maximum atomic E-state index is 13.3. The van der Waals surface area contributed by atoms with Crippen molar-refractivity contribution in [3.8, 4) is 0 Å². The number of hydrogen-bond acceptors (Lipinski definition) is 3. The fraction of sp³-hybridized carbons (Fsp3) is 0.467. The zero-order chi connectivity index (χ0) is 16.5. The quantitative estimate of drug-likeness (QED) is 0.913. The Morgan fingerprint density at radius 2 is 1.82 bits per heavy atom. The number of thioether (sulfide) groups is 1. The van der Waals surface area contributed by atoms with Crippen LogP contribution in [0.3, 0.4) is 0 Å². The highest BCUT2D eigenvalue weighted by Gasteiger charge is 2.47. The van der Waals surface area contributed by atoms with Crippen LogP contribution in [0.15, 0.2) is 35.3 Å². The molecule has 7 heteroatoms. The predicted octanol–water partition coefficient (Wildman–Crippen LogP) is 3.92. The van der Waals surface area contributed by atoms with Crippen molar-refractivity contribution < 1.29 is 18.0 Å². The highest BCUT2D eigenvalue weighted by Crippen LogP contribution is 2.41. The highest BCUT2D eigenvalue weighted by atomic mass is 32.2. The molecule has 0 radical (unpaired) electrons. The molecule has 1 amide bonds. The molecule has 1 unspecified atom stereocenters. The van der Waals surface area contributed by atoms with Crippen LogP contribution in [0.4, 0.5) is 13.2 Å². The Bertz CT molecular complexity index is 586. The van der Waals surface area contributed by atoms with Crippen LogP contribution in [0, 0.1) is 5.92 Å². The summed E-state index contributed by atoms with van der Waals surface area (Å²) in [5.41, 5.74) is 0.0869. The molecule has 0 saturated carbocycles. The maximum Gasteiger partial charge on any atom is 0.412 e. The van der Waals surface area contributed by atoms with Gasteiger partial charge in [-0.2, -0.15) is 18.2 Å². The van der Waals surface area contributed by atoms with E-state index < -0.39 is 22.9 Å². The summed E-state index contributed by atoms with van der Waals surface area (Å²) in [6.45, 7) is 5.40. The first-order chi connectivity index (χ1) is 10.1. The van der Waals surface area contributed by atoms with Gasteiger partial charge < -0.3 is 5.32 Å². The summed E-state index contributed by atoms with van der Waals surface area (Å²) in [4.78, 5) is 15.8. The van der Waals surface area contributed by atoms with Gasteiger partial charge in [0, 0.05) is 0 Å². The first-order valence-electron chi connectivity index (χ1n) is 6.85. The van der Waals surface area contributed by atoms with Gasteiger partial charge in [0.05, 0.1) is 0 Å². The Labute approximate surface area is 131 Å². The van der Waals surface area contributed by atoms with Crippen LogP contribution in [0.1, 0.15) is 32.4 Å². The summed E-state index contributed by atoms with van der Waals surface area (Å²) in [7, 11) is 0. The van der Waals surface area contributed by atoms with Crippen LogP contribution < -0.4 is 5.32 Å². The fourth-order valence-corrected chi connectivity index (χ4v) is 3.10. The Hall–Kier alpha value is -1.50. The van der Waals surface area contributed by atoms with Crippen molar-refractivity contribution in [3.63, 3.8) is 0 Å². The molecule has 2 rings (SSSR count). The van der Waals surface area contributed by atoms with Gasteiger partial charge in [0.2, 0.25) is 0 Å². The van der Waals surface area contributed by atoms with Gasteiger partial charge in [-0.3, -0.25) is 4.79 Å². The van der Waals surface area contributed by atoms with E-state index in [1.807, 2.05) is 13.8 Å². The van der Waals surface area contributed by atoms with E-state index in [9.17, 15) is 18.0 Å². The standard InChI is InChI=1S/C15H17F3N2OS/c1-9(2)14(3)12(21)20-13(22-14)19-11(15(16,17)18)10-7-5-4-6-8-10/h4-9,11H,1-3H3,(H,19,20,21)/t11-,14?/m1/s1. The smallest absolute Gasteiger partial charge is 0.349 e. The number of carbonyl (C=O) groups is 1. The third-order valence-corrected chi connectivity index (χ3v) is 5.24. The molecule has 1 aliphatic heterocycles. The number of carbonyl (C=O) groups excluding carboxylic acids is 1. The molecule has 0 aromatic heterocycles. The first kappa shape index (κ1) is 16.9. The number of rotatable bonds is 3. The van der Waals surface area contributed by atoms with E-state index in [0.717, 1.165) is 11.8 Å². The second-order valence-electron chi connectivity index (χ2n) is 5.62. The molecule has 3 nitrogen and oxygen atoms in total. The number of amidine groups is 1. The predicted molar refractivity (Wildman–Crippen MR) is 81.6 cm³/mol. The summed E-state index contributed by atoms with van der Waals surface area (Å²) in [6.07, 6.45) is -4.48. The maximum absolute atomic E-state index is 13.3. The normalized spacial score (nSPS) is 23.6. The van der Waals surface area contributed by atoms with E-state index in [-0.39, 0.29) is 16.6 Å². The molecule has 2 atom stereocenters. The van der Waals surface area contributed by atoms with Gasteiger partial charge in [0.15, 0.2) is 5.17 Å². The van der Waals surface area contributed by atoms with E-state index in [1.165, 1.54) is 12.1 Å². The summed E-state index contributed by atoms with van der Waals surface area (Å²) >= 11 is 1.06. The monoisotopic (exact) mass is 330 g/mol. The Morgan fingerprint density at radius 3 is 2.27 bits per heavy atom. The van der Waals surface area contributed by atoms with E-state index in [4.69, 9.17) is 0 Å². The summed E-state index contributed by atoms with van der Waals surface area (Å²) in [6, 6.07) is 5.65. The molecule has 0 fully saturated rings. The molecule has 1 aromatic rings. The summed E-state index contributed by atoms with van der Waals surface area (Å²) < 4.78 is 39.1. The van der Waals surface area contributed by atoms with Crippen LogP contribution in [-0.2, 0) is 4.79 Å². The van der Waals surface area contributed by atoms with Crippen molar-refractivity contribution in [1.82, 2.24) is 5.32 Å². The molecule has 0 aliphatic carbocycles. The highest BCUT2D eigenvalue weighted by molar-refractivity contribution is 8.16. The molecule has 22 heavy (non-hydrogen) atoms. The topological polar surface area (TPSA) is 41.5 Å². The Balaban J connectivity index is 2.24. The fourth-order valence-electron chi connectivity index (χ4n) is 2.02. The average molecular weight is 330 g/mol. The molecule has 0 saturated heterocycles. The van der Waals surface area contributed by atoms with Gasteiger partial charge in [-0.25, -0.2) is 0 Å². The Kier molecular flexibility index (Phi) is 4.56. The minimum atomic E-state index is -4.48. The number of amides is 1. The summed E-state index contributed by atoms with van der Waals surface area (Å²) in [5, 5.41) is 2.40. The van der Waals surface area contributed by atoms with Crippen molar-refractivity contribution in [2.75, 3.05) is 0 Å². The van der Waals surface area contributed by atoms with Gasteiger partial charge in [-0.1, -0.05) is 55.9 Å². The van der Waals surface area contributed by atoms with Crippen molar-refractivity contribution in [3.05, 3.63) is 35.9 Å². The molecular weight excluding hydrogens is 313 g/mol. The van der Waals surface area contributed by atoms with Gasteiger partial charge in [0.25, 0.3) is 5.91 Å². The number of aliphatic imine (C=N–C) groups is 1. The molecule has 1 N–H and O–H groups in total. The average Bonchev–Trinajstić information content (AvgIpc) is 2.72. The van der Waals surface area contributed by atoms with Gasteiger partial charge in [0.1, 0.15) is 10.8 Å². The molecule has 0 spiro atoms. The zero-order valence-electron chi connectivity index (χ0n) is 12.4. The Morgan fingerprint density at radius 1 is 1.23 bits per heavy atom. The van der Waals surface area contributed by atoms with Crippen molar-refractivity contribution in [2.24, 2.45) is 10.9 Å². The number of halogens is 3. The summed E-state index contributed by atoms with van der Waals surface area (Å²) in [5.74, 6) is -0.432. The third-order valence-electron chi connectivity index (χ3n) is 3.77. The molecule has 120 valence electrons. The minimum Gasteiger partial charge on any atom is -0.349 e. The second kappa shape index (κ2) is 5.95. The lowest BCUT2D eigenvalue weighted by atomic mass is 9.96. The van der Waals surface area contributed by atoms with Crippen LogP contribution in [-0.4, -0.2) is 22.0 Å². The van der Waals surface area contributed by atoms with E-state index in [1.54, 1.807) is 25.1 Å².